The summed E-state index contributed by atoms with van der Waals surface area (Å²) in [7, 11) is 0. The molecule has 0 unspecified atom stereocenters. The third kappa shape index (κ3) is 2.41. The Morgan fingerprint density at radius 2 is 2.25 bits per heavy atom. The molecule has 0 fully saturated rings. The molecule has 8 nitrogen and oxygen atoms in total. The SMILES string of the molecule is O=C(N/N=C\c1cc2c(cc1Cl)OCO2)c1ncn[nH]1. The summed E-state index contributed by atoms with van der Waals surface area (Å²) in [5.74, 6) is 0.727. The van der Waals surface area contributed by atoms with E-state index < -0.39 is 5.91 Å². The number of hydrogen-bond donors (Lipinski definition) is 2. The molecule has 1 aliphatic heterocycles. The molecule has 0 saturated heterocycles. The molecule has 0 bridgehead atoms. The molecule has 9 heteroatoms. The number of ether oxygens (including phenoxy) is 2. The molecule has 1 amide bonds. The number of hydrazone groups is 1. The number of amides is 1. The molecular formula is C11H8ClN5O3. The first-order chi connectivity index (χ1) is 9.74. The van der Waals surface area contributed by atoms with Crippen LogP contribution in [0.4, 0.5) is 0 Å². The Morgan fingerprint density at radius 1 is 1.45 bits per heavy atom. The number of carbonyl (C=O) groups is 1. The zero-order valence-corrected chi connectivity index (χ0v) is 10.7. The van der Waals surface area contributed by atoms with Gasteiger partial charge in [0.25, 0.3) is 0 Å². The van der Waals surface area contributed by atoms with E-state index in [0.717, 1.165) is 0 Å². The Labute approximate surface area is 117 Å². The zero-order chi connectivity index (χ0) is 13.9. The molecule has 0 radical (unpaired) electrons. The summed E-state index contributed by atoms with van der Waals surface area (Å²) in [6.45, 7) is 0.161. The van der Waals surface area contributed by atoms with E-state index >= 15 is 0 Å². The van der Waals surface area contributed by atoms with Crippen LogP contribution in [0.3, 0.4) is 0 Å². The fraction of sp³-hybridized carbons (Fsp3) is 0.0909. The van der Waals surface area contributed by atoms with Crippen molar-refractivity contribution in [3.05, 3.63) is 34.9 Å². The molecule has 2 heterocycles. The van der Waals surface area contributed by atoms with Crippen LogP contribution in [0.15, 0.2) is 23.6 Å². The number of carbonyl (C=O) groups excluding carboxylic acids is 1. The van der Waals surface area contributed by atoms with Gasteiger partial charge in [-0.1, -0.05) is 11.6 Å². The van der Waals surface area contributed by atoms with Gasteiger partial charge in [-0.05, 0) is 6.07 Å². The summed E-state index contributed by atoms with van der Waals surface area (Å²) in [5, 5.41) is 10.2. The number of aromatic nitrogens is 3. The van der Waals surface area contributed by atoms with Gasteiger partial charge in [0.15, 0.2) is 11.5 Å². The first kappa shape index (κ1) is 12.4. The minimum atomic E-state index is -0.504. The van der Waals surface area contributed by atoms with Gasteiger partial charge in [-0.3, -0.25) is 9.89 Å². The second-order valence-electron chi connectivity index (χ2n) is 3.76. The van der Waals surface area contributed by atoms with Gasteiger partial charge in [-0.2, -0.15) is 10.2 Å². The highest BCUT2D eigenvalue weighted by Crippen LogP contribution is 2.36. The fourth-order valence-corrected chi connectivity index (χ4v) is 1.76. The molecular weight excluding hydrogens is 286 g/mol. The fourth-order valence-electron chi connectivity index (χ4n) is 1.56. The van der Waals surface area contributed by atoms with Crippen molar-refractivity contribution in [3.63, 3.8) is 0 Å². The van der Waals surface area contributed by atoms with Crippen molar-refractivity contribution in [1.82, 2.24) is 20.6 Å². The molecule has 0 spiro atoms. The van der Waals surface area contributed by atoms with Gasteiger partial charge in [0.2, 0.25) is 12.6 Å². The van der Waals surface area contributed by atoms with Crippen molar-refractivity contribution in [2.75, 3.05) is 6.79 Å². The average molecular weight is 294 g/mol. The highest BCUT2D eigenvalue weighted by molar-refractivity contribution is 6.33. The molecule has 1 aliphatic rings. The number of H-pyrrole nitrogens is 1. The van der Waals surface area contributed by atoms with Crippen LogP contribution in [0.1, 0.15) is 16.2 Å². The molecule has 1 aromatic heterocycles. The van der Waals surface area contributed by atoms with E-state index in [4.69, 9.17) is 21.1 Å². The lowest BCUT2D eigenvalue weighted by molar-refractivity contribution is 0.0945. The molecule has 0 saturated carbocycles. The van der Waals surface area contributed by atoms with Crippen LogP contribution in [0.5, 0.6) is 11.5 Å². The molecule has 0 aliphatic carbocycles. The lowest BCUT2D eigenvalue weighted by Crippen LogP contribution is -2.19. The minimum Gasteiger partial charge on any atom is -0.454 e. The number of benzene rings is 1. The first-order valence-corrected chi connectivity index (χ1v) is 5.90. The summed E-state index contributed by atoms with van der Waals surface area (Å²) >= 11 is 6.05. The van der Waals surface area contributed by atoms with Gasteiger partial charge in [-0.25, -0.2) is 10.4 Å². The monoisotopic (exact) mass is 293 g/mol. The predicted octanol–water partition coefficient (Wildman–Crippen LogP) is 0.951. The maximum atomic E-state index is 11.5. The van der Waals surface area contributed by atoms with Crippen molar-refractivity contribution in [1.29, 1.82) is 0 Å². The Morgan fingerprint density at radius 3 is 3.00 bits per heavy atom. The average Bonchev–Trinajstić information content (AvgIpc) is 3.08. The van der Waals surface area contributed by atoms with E-state index in [-0.39, 0.29) is 12.6 Å². The number of fused-ring (bicyclic) bond motifs is 1. The number of nitrogens with one attached hydrogen (secondary N) is 2. The molecule has 2 N–H and O–H groups in total. The lowest BCUT2D eigenvalue weighted by atomic mass is 10.2. The lowest BCUT2D eigenvalue weighted by Gasteiger charge is -2.01. The number of aromatic amines is 1. The second-order valence-corrected chi connectivity index (χ2v) is 4.17. The third-order valence-electron chi connectivity index (χ3n) is 2.49. The molecule has 20 heavy (non-hydrogen) atoms. The van der Waals surface area contributed by atoms with E-state index in [1.54, 1.807) is 12.1 Å². The van der Waals surface area contributed by atoms with Crippen LogP contribution in [-0.2, 0) is 0 Å². The van der Waals surface area contributed by atoms with Crippen molar-refractivity contribution in [2.24, 2.45) is 5.10 Å². The molecule has 102 valence electrons. The Hall–Kier alpha value is -2.61. The van der Waals surface area contributed by atoms with Gasteiger partial charge in [0, 0.05) is 11.6 Å². The quantitative estimate of drug-likeness (QED) is 0.648. The molecule has 3 rings (SSSR count). The Balaban J connectivity index is 1.72. The maximum absolute atomic E-state index is 11.5. The van der Waals surface area contributed by atoms with E-state index in [1.807, 2.05) is 0 Å². The van der Waals surface area contributed by atoms with Crippen LogP contribution in [-0.4, -0.2) is 34.1 Å². The van der Waals surface area contributed by atoms with Crippen molar-refractivity contribution in [2.45, 2.75) is 0 Å². The highest BCUT2D eigenvalue weighted by atomic mass is 35.5. The smallest absolute Gasteiger partial charge is 0.308 e. The molecule has 2 aromatic rings. The van der Waals surface area contributed by atoms with Gasteiger partial charge >= 0.3 is 5.91 Å². The maximum Gasteiger partial charge on any atom is 0.308 e. The van der Waals surface area contributed by atoms with Crippen LogP contribution in [0.25, 0.3) is 0 Å². The van der Waals surface area contributed by atoms with E-state index in [2.05, 4.69) is 25.7 Å². The van der Waals surface area contributed by atoms with Gasteiger partial charge in [-0.15, -0.1) is 0 Å². The number of halogens is 1. The normalized spacial score (nSPS) is 12.8. The van der Waals surface area contributed by atoms with E-state index in [1.165, 1.54) is 12.5 Å². The minimum absolute atomic E-state index is 0.0685. The third-order valence-corrected chi connectivity index (χ3v) is 2.82. The number of rotatable bonds is 3. The Bertz CT molecular complexity index is 671. The van der Waals surface area contributed by atoms with Gasteiger partial charge < -0.3 is 9.47 Å². The first-order valence-electron chi connectivity index (χ1n) is 5.52. The summed E-state index contributed by atoms with van der Waals surface area (Å²) in [6.07, 6.45) is 2.63. The summed E-state index contributed by atoms with van der Waals surface area (Å²) in [4.78, 5) is 15.2. The summed E-state index contributed by atoms with van der Waals surface area (Å²) < 4.78 is 10.4. The molecule has 1 aromatic carbocycles. The zero-order valence-electron chi connectivity index (χ0n) is 9.96. The number of nitrogens with zero attached hydrogens (tertiary/aromatic N) is 3. The predicted molar refractivity (Wildman–Crippen MR) is 69.0 cm³/mol. The van der Waals surface area contributed by atoms with E-state index in [9.17, 15) is 4.79 Å². The Kier molecular flexibility index (Phi) is 3.21. The van der Waals surface area contributed by atoms with E-state index in [0.29, 0.717) is 22.1 Å². The largest absolute Gasteiger partial charge is 0.454 e. The molecule has 0 atom stereocenters. The van der Waals surface area contributed by atoms with Crippen molar-refractivity contribution >= 4 is 23.7 Å². The standard InChI is InChI=1S/C11H8ClN5O3/c12-7-2-9-8(19-5-20-9)1-6(7)3-14-17-11(18)10-13-4-15-16-10/h1-4H,5H2,(H,17,18)(H,13,15,16)/b14-3-. The van der Waals surface area contributed by atoms with Crippen LogP contribution >= 0.6 is 11.6 Å². The van der Waals surface area contributed by atoms with Crippen LogP contribution in [0.2, 0.25) is 5.02 Å². The van der Waals surface area contributed by atoms with Crippen molar-refractivity contribution in [3.8, 4) is 11.5 Å². The summed E-state index contributed by atoms with van der Waals surface area (Å²) in [5.41, 5.74) is 2.89. The van der Waals surface area contributed by atoms with Crippen LogP contribution in [0, 0.1) is 0 Å². The van der Waals surface area contributed by atoms with Crippen molar-refractivity contribution < 1.29 is 14.3 Å². The highest BCUT2D eigenvalue weighted by Gasteiger charge is 2.15. The second kappa shape index (κ2) is 5.17. The number of hydrogen-bond acceptors (Lipinski definition) is 6. The van der Waals surface area contributed by atoms with Gasteiger partial charge in [0.05, 0.1) is 11.2 Å². The van der Waals surface area contributed by atoms with Crippen LogP contribution < -0.4 is 14.9 Å². The van der Waals surface area contributed by atoms with Gasteiger partial charge in [0.1, 0.15) is 6.33 Å². The topological polar surface area (TPSA) is 101 Å². The summed E-state index contributed by atoms with van der Waals surface area (Å²) in [6, 6.07) is 3.30.